The molecule has 0 aliphatic carbocycles. The van der Waals surface area contributed by atoms with Crippen LogP contribution in [0.3, 0.4) is 0 Å². The van der Waals surface area contributed by atoms with Gasteiger partial charge in [-0.25, -0.2) is 4.79 Å². The first-order valence-corrected chi connectivity index (χ1v) is 6.15. The molecule has 21 heavy (non-hydrogen) atoms. The molecule has 0 aromatic heterocycles. The molecule has 0 fully saturated rings. The molecule has 0 heterocycles. The van der Waals surface area contributed by atoms with E-state index in [0.29, 0.717) is 11.3 Å². The number of rotatable bonds is 5. The molecule has 2 rings (SSSR count). The molecule has 0 radical (unpaired) electrons. The van der Waals surface area contributed by atoms with Crippen LogP contribution >= 0.6 is 0 Å². The van der Waals surface area contributed by atoms with Gasteiger partial charge in [-0.05, 0) is 35.9 Å². The third kappa shape index (κ3) is 3.76. The Labute approximate surface area is 121 Å². The van der Waals surface area contributed by atoms with Crippen LogP contribution in [0.15, 0.2) is 54.3 Å². The van der Waals surface area contributed by atoms with E-state index in [-0.39, 0.29) is 17.3 Å². The van der Waals surface area contributed by atoms with Crippen LogP contribution < -0.4 is 9.47 Å². The second kappa shape index (κ2) is 6.47. The van der Waals surface area contributed by atoms with E-state index in [9.17, 15) is 15.0 Å². The van der Waals surface area contributed by atoms with Crippen molar-refractivity contribution in [2.75, 3.05) is 7.11 Å². The number of carboxylic acid groups (broad SMARTS) is 1. The summed E-state index contributed by atoms with van der Waals surface area (Å²) in [5.41, 5.74) is 0.642. The van der Waals surface area contributed by atoms with E-state index in [1.54, 1.807) is 43.5 Å². The normalized spacial score (nSPS) is 11.0. The number of aromatic hydroxyl groups is 1. The molecule has 0 saturated carbocycles. The molecule has 5 heteroatoms. The summed E-state index contributed by atoms with van der Waals surface area (Å²) in [5, 5.41) is 18.8. The second-order valence-electron chi connectivity index (χ2n) is 4.16. The number of carbonyl (C=O) groups is 1. The summed E-state index contributed by atoms with van der Waals surface area (Å²) < 4.78 is 10.3. The first kappa shape index (κ1) is 14.5. The molecule has 0 amide bonds. The van der Waals surface area contributed by atoms with Gasteiger partial charge in [-0.2, -0.15) is 0 Å². The van der Waals surface area contributed by atoms with Crippen LogP contribution in [0.1, 0.15) is 5.56 Å². The minimum absolute atomic E-state index is 0.0830. The third-order valence-electron chi connectivity index (χ3n) is 2.71. The molecular weight excluding hydrogens is 272 g/mol. The lowest BCUT2D eigenvalue weighted by Crippen LogP contribution is -2.07. The standard InChI is InChI=1S/C16H14O5/c1-20-12-8-6-11(7-9-12)10-15(16(18)19)21-14-5-3-2-4-13(14)17/h2-10,17H,1H3,(H,18,19). The van der Waals surface area contributed by atoms with Crippen LogP contribution in [0.25, 0.3) is 6.08 Å². The van der Waals surface area contributed by atoms with Gasteiger partial charge in [-0.3, -0.25) is 0 Å². The SMILES string of the molecule is COc1ccc(C=C(Oc2ccccc2O)C(=O)O)cc1. The van der Waals surface area contributed by atoms with Gasteiger partial charge < -0.3 is 19.7 Å². The lowest BCUT2D eigenvalue weighted by molar-refractivity contribution is -0.134. The maximum Gasteiger partial charge on any atom is 0.371 e. The highest BCUT2D eigenvalue weighted by atomic mass is 16.5. The van der Waals surface area contributed by atoms with Crippen molar-refractivity contribution in [1.29, 1.82) is 0 Å². The van der Waals surface area contributed by atoms with Crippen molar-refractivity contribution in [2.45, 2.75) is 0 Å². The minimum Gasteiger partial charge on any atom is -0.504 e. The molecular formula is C16H14O5. The fraction of sp³-hybridized carbons (Fsp3) is 0.0625. The first-order chi connectivity index (χ1) is 10.1. The van der Waals surface area contributed by atoms with Crippen LogP contribution in [0.2, 0.25) is 0 Å². The number of benzene rings is 2. The predicted molar refractivity (Wildman–Crippen MR) is 77.3 cm³/mol. The average molecular weight is 286 g/mol. The molecule has 0 saturated heterocycles. The monoisotopic (exact) mass is 286 g/mol. The summed E-state index contributed by atoms with van der Waals surface area (Å²) in [7, 11) is 1.55. The van der Waals surface area contributed by atoms with Gasteiger partial charge in [0.25, 0.3) is 0 Å². The summed E-state index contributed by atoms with van der Waals surface area (Å²) in [6.45, 7) is 0. The molecule has 0 spiro atoms. The van der Waals surface area contributed by atoms with Crippen molar-refractivity contribution in [3.05, 3.63) is 59.9 Å². The number of ether oxygens (including phenoxy) is 2. The molecule has 0 aliphatic heterocycles. The number of methoxy groups -OCH3 is 1. The Bertz CT molecular complexity index is 659. The number of hydrogen-bond donors (Lipinski definition) is 2. The zero-order valence-corrected chi connectivity index (χ0v) is 11.3. The molecule has 2 aromatic carbocycles. The van der Waals surface area contributed by atoms with E-state index < -0.39 is 5.97 Å². The molecule has 0 bridgehead atoms. The number of para-hydroxylation sites is 2. The predicted octanol–water partition coefficient (Wildman–Crippen LogP) is 2.91. The molecule has 0 atom stereocenters. The van der Waals surface area contributed by atoms with Gasteiger partial charge in [0.2, 0.25) is 5.76 Å². The quantitative estimate of drug-likeness (QED) is 0.653. The van der Waals surface area contributed by atoms with E-state index in [2.05, 4.69) is 0 Å². The Kier molecular flexibility index (Phi) is 4.46. The molecule has 2 aromatic rings. The number of phenolic OH excluding ortho intramolecular Hbond substituents is 1. The zero-order chi connectivity index (χ0) is 15.2. The Balaban J connectivity index is 2.28. The van der Waals surface area contributed by atoms with Gasteiger partial charge in [0.05, 0.1) is 7.11 Å². The van der Waals surface area contributed by atoms with Crippen LogP contribution in [0, 0.1) is 0 Å². The summed E-state index contributed by atoms with van der Waals surface area (Å²) >= 11 is 0. The third-order valence-corrected chi connectivity index (χ3v) is 2.71. The number of aliphatic carboxylic acids is 1. The smallest absolute Gasteiger partial charge is 0.371 e. The van der Waals surface area contributed by atoms with Gasteiger partial charge in [-0.1, -0.05) is 24.3 Å². The minimum atomic E-state index is -1.23. The second-order valence-corrected chi connectivity index (χ2v) is 4.16. The molecule has 5 nitrogen and oxygen atoms in total. The number of phenols is 1. The van der Waals surface area contributed by atoms with Crippen molar-refractivity contribution >= 4 is 12.0 Å². The van der Waals surface area contributed by atoms with Gasteiger partial charge in [0.15, 0.2) is 11.5 Å². The maximum atomic E-state index is 11.2. The Morgan fingerprint density at radius 2 is 1.76 bits per heavy atom. The zero-order valence-electron chi connectivity index (χ0n) is 11.3. The van der Waals surface area contributed by atoms with Crippen molar-refractivity contribution in [3.8, 4) is 17.2 Å². The van der Waals surface area contributed by atoms with Crippen molar-refractivity contribution in [1.82, 2.24) is 0 Å². The Hall–Kier alpha value is -2.95. The fourth-order valence-corrected chi connectivity index (χ4v) is 1.65. The van der Waals surface area contributed by atoms with Gasteiger partial charge >= 0.3 is 5.97 Å². The van der Waals surface area contributed by atoms with Gasteiger partial charge in [-0.15, -0.1) is 0 Å². The van der Waals surface area contributed by atoms with Crippen LogP contribution in [-0.2, 0) is 4.79 Å². The average Bonchev–Trinajstić information content (AvgIpc) is 2.49. The summed E-state index contributed by atoms with van der Waals surface area (Å²) in [5.74, 6) is -0.888. The highest BCUT2D eigenvalue weighted by molar-refractivity contribution is 5.90. The Morgan fingerprint density at radius 1 is 1.10 bits per heavy atom. The van der Waals surface area contributed by atoms with Crippen LogP contribution in [0.5, 0.6) is 17.2 Å². The lowest BCUT2D eigenvalue weighted by Gasteiger charge is -2.08. The molecule has 2 N–H and O–H groups in total. The van der Waals surface area contributed by atoms with Gasteiger partial charge in [0.1, 0.15) is 5.75 Å². The molecule has 0 aliphatic rings. The van der Waals surface area contributed by atoms with Crippen LogP contribution in [0.4, 0.5) is 0 Å². The lowest BCUT2D eigenvalue weighted by atomic mass is 10.2. The summed E-state index contributed by atoms with van der Waals surface area (Å²) in [4.78, 5) is 11.2. The molecule has 108 valence electrons. The van der Waals surface area contributed by atoms with E-state index in [1.807, 2.05) is 0 Å². The highest BCUT2D eigenvalue weighted by Gasteiger charge is 2.12. The van der Waals surface area contributed by atoms with E-state index in [0.717, 1.165) is 0 Å². The summed E-state index contributed by atoms with van der Waals surface area (Å²) in [6, 6.07) is 13.0. The largest absolute Gasteiger partial charge is 0.504 e. The van der Waals surface area contributed by atoms with Crippen LogP contribution in [-0.4, -0.2) is 23.3 Å². The number of carboxylic acids is 1. The topological polar surface area (TPSA) is 76.0 Å². The van der Waals surface area contributed by atoms with E-state index in [4.69, 9.17) is 9.47 Å². The highest BCUT2D eigenvalue weighted by Crippen LogP contribution is 2.27. The van der Waals surface area contributed by atoms with Crippen molar-refractivity contribution in [3.63, 3.8) is 0 Å². The van der Waals surface area contributed by atoms with Gasteiger partial charge in [0, 0.05) is 0 Å². The van der Waals surface area contributed by atoms with Crippen molar-refractivity contribution < 1.29 is 24.5 Å². The summed E-state index contributed by atoms with van der Waals surface area (Å²) in [6.07, 6.45) is 1.37. The Morgan fingerprint density at radius 3 is 2.33 bits per heavy atom. The first-order valence-electron chi connectivity index (χ1n) is 6.15. The fourth-order valence-electron chi connectivity index (χ4n) is 1.65. The van der Waals surface area contributed by atoms with Crippen molar-refractivity contribution in [2.24, 2.45) is 0 Å². The van der Waals surface area contributed by atoms with E-state index in [1.165, 1.54) is 18.2 Å². The molecule has 0 unspecified atom stereocenters. The number of hydrogen-bond acceptors (Lipinski definition) is 4. The van der Waals surface area contributed by atoms with E-state index >= 15 is 0 Å². The maximum absolute atomic E-state index is 11.2.